The molecule has 1 amide bonds. The number of hydrogen-bond donors (Lipinski definition) is 2. The molecule has 3 rings (SSSR count). The Kier molecular flexibility index (Phi) is 3.02. The zero-order chi connectivity index (χ0) is 12.4. The lowest BCUT2D eigenvalue weighted by Gasteiger charge is -2.11. The summed E-state index contributed by atoms with van der Waals surface area (Å²) in [5, 5.41) is 8.25. The fraction of sp³-hybridized carbons (Fsp3) is 0.214. The quantitative estimate of drug-likeness (QED) is 0.887. The molecule has 0 aliphatic carbocycles. The van der Waals surface area contributed by atoms with Gasteiger partial charge in [-0.2, -0.15) is 0 Å². The second-order valence-corrected chi connectivity index (χ2v) is 5.39. The van der Waals surface area contributed by atoms with Gasteiger partial charge in [0.2, 0.25) is 5.91 Å². The molecule has 0 fully saturated rings. The molecule has 0 radical (unpaired) electrons. The van der Waals surface area contributed by atoms with E-state index >= 15 is 0 Å². The Bertz CT molecular complexity index is 526. The van der Waals surface area contributed by atoms with Crippen molar-refractivity contribution >= 4 is 22.9 Å². The van der Waals surface area contributed by atoms with E-state index in [-0.39, 0.29) is 11.9 Å². The Labute approximate surface area is 110 Å². The van der Waals surface area contributed by atoms with Crippen LogP contribution in [-0.4, -0.2) is 11.9 Å². The smallest absolute Gasteiger partial charge is 0.243 e. The highest BCUT2D eigenvalue weighted by molar-refractivity contribution is 7.09. The van der Waals surface area contributed by atoms with E-state index in [0.29, 0.717) is 6.54 Å². The average Bonchev–Trinajstić information content (AvgIpc) is 3.04. The molecule has 1 atom stereocenters. The van der Waals surface area contributed by atoms with Crippen LogP contribution in [0, 0.1) is 0 Å². The molecule has 2 heterocycles. The van der Waals surface area contributed by atoms with Gasteiger partial charge in [0, 0.05) is 17.0 Å². The predicted molar refractivity (Wildman–Crippen MR) is 73.7 cm³/mol. The Hall–Kier alpha value is -1.81. The van der Waals surface area contributed by atoms with E-state index in [0.717, 1.165) is 12.1 Å². The molecule has 1 aliphatic rings. The molecule has 0 saturated heterocycles. The van der Waals surface area contributed by atoms with Crippen LogP contribution in [0.3, 0.4) is 0 Å². The third-order valence-corrected chi connectivity index (χ3v) is 3.98. The first-order valence-corrected chi connectivity index (χ1v) is 6.85. The Morgan fingerprint density at radius 2 is 2.22 bits per heavy atom. The molecule has 0 saturated carbocycles. The lowest BCUT2D eigenvalue weighted by Crippen LogP contribution is -2.37. The second-order valence-electron chi connectivity index (χ2n) is 4.36. The Morgan fingerprint density at radius 1 is 1.33 bits per heavy atom. The number of thiophene rings is 1. The topological polar surface area (TPSA) is 41.1 Å². The third kappa shape index (κ3) is 2.24. The first-order valence-electron chi connectivity index (χ1n) is 5.97. The van der Waals surface area contributed by atoms with Gasteiger partial charge in [-0.15, -0.1) is 11.3 Å². The van der Waals surface area contributed by atoms with Crippen molar-refractivity contribution in [1.82, 2.24) is 5.32 Å². The average molecular weight is 258 g/mol. The highest BCUT2D eigenvalue weighted by Crippen LogP contribution is 2.25. The summed E-state index contributed by atoms with van der Waals surface area (Å²) >= 11 is 1.66. The van der Waals surface area contributed by atoms with Crippen LogP contribution >= 0.6 is 11.3 Å². The number of anilines is 1. The first kappa shape index (κ1) is 11.3. The summed E-state index contributed by atoms with van der Waals surface area (Å²) in [6.07, 6.45) is 0.770. The van der Waals surface area contributed by atoms with Gasteiger partial charge in [0.15, 0.2) is 0 Å². The van der Waals surface area contributed by atoms with Crippen LogP contribution in [0.1, 0.15) is 10.4 Å². The largest absolute Gasteiger partial charge is 0.373 e. The predicted octanol–water partition coefficient (Wildman–Crippen LogP) is 2.40. The normalized spacial score (nSPS) is 17.0. The molecule has 4 heteroatoms. The van der Waals surface area contributed by atoms with Crippen molar-refractivity contribution in [2.75, 3.05) is 5.32 Å². The van der Waals surface area contributed by atoms with E-state index in [1.807, 2.05) is 35.7 Å². The van der Waals surface area contributed by atoms with Crippen LogP contribution in [0.25, 0.3) is 0 Å². The van der Waals surface area contributed by atoms with Crippen molar-refractivity contribution < 1.29 is 4.79 Å². The zero-order valence-corrected chi connectivity index (χ0v) is 10.7. The maximum absolute atomic E-state index is 12.0. The minimum absolute atomic E-state index is 0.0691. The molecular weight excluding hydrogens is 244 g/mol. The van der Waals surface area contributed by atoms with Gasteiger partial charge < -0.3 is 10.6 Å². The third-order valence-electron chi connectivity index (χ3n) is 3.10. The van der Waals surface area contributed by atoms with Crippen LogP contribution in [0.2, 0.25) is 0 Å². The monoisotopic (exact) mass is 258 g/mol. The summed E-state index contributed by atoms with van der Waals surface area (Å²) in [5.41, 5.74) is 2.29. The van der Waals surface area contributed by atoms with E-state index in [9.17, 15) is 4.79 Å². The van der Waals surface area contributed by atoms with Gasteiger partial charge >= 0.3 is 0 Å². The SMILES string of the molecule is O=C(NCc1cccs1)[C@@H]1Cc2ccccc2N1. The number of carbonyl (C=O) groups excluding carboxylic acids is 1. The van der Waals surface area contributed by atoms with E-state index in [1.54, 1.807) is 11.3 Å². The molecule has 1 aliphatic heterocycles. The molecule has 2 N–H and O–H groups in total. The van der Waals surface area contributed by atoms with Crippen molar-refractivity contribution in [2.45, 2.75) is 19.0 Å². The summed E-state index contributed by atoms with van der Waals surface area (Å²) in [4.78, 5) is 13.2. The molecule has 1 aromatic heterocycles. The second kappa shape index (κ2) is 4.82. The highest BCUT2D eigenvalue weighted by atomic mass is 32.1. The molecule has 2 aromatic rings. The number of nitrogens with one attached hydrogen (secondary N) is 2. The van der Waals surface area contributed by atoms with Crippen LogP contribution < -0.4 is 10.6 Å². The molecule has 92 valence electrons. The minimum atomic E-state index is -0.137. The Morgan fingerprint density at radius 3 is 3.00 bits per heavy atom. The fourth-order valence-corrected chi connectivity index (χ4v) is 2.81. The van der Waals surface area contributed by atoms with Gasteiger partial charge in [-0.1, -0.05) is 24.3 Å². The number of benzene rings is 1. The van der Waals surface area contributed by atoms with E-state index in [1.165, 1.54) is 10.4 Å². The molecule has 1 aromatic carbocycles. The number of carbonyl (C=O) groups is 1. The van der Waals surface area contributed by atoms with Crippen molar-refractivity contribution in [3.05, 3.63) is 52.2 Å². The summed E-state index contributed by atoms with van der Waals surface area (Å²) in [5.74, 6) is 0.0691. The van der Waals surface area contributed by atoms with Gasteiger partial charge in [-0.25, -0.2) is 0 Å². The molecule has 0 spiro atoms. The van der Waals surface area contributed by atoms with Gasteiger partial charge in [0.25, 0.3) is 0 Å². The van der Waals surface area contributed by atoms with Gasteiger partial charge in [0.05, 0.1) is 6.54 Å². The van der Waals surface area contributed by atoms with E-state index < -0.39 is 0 Å². The number of para-hydroxylation sites is 1. The fourth-order valence-electron chi connectivity index (χ4n) is 2.17. The van der Waals surface area contributed by atoms with Gasteiger partial charge in [-0.05, 0) is 23.1 Å². The van der Waals surface area contributed by atoms with Crippen LogP contribution in [-0.2, 0) is 17.8 Å². The van der Waals surface area contributed by atoms with Crippen LogP contribution in [0.5, 0.6) is 0 Å². The molecule has 18 heavy (non-hydrogen) atoms. The minimum Gasteiger partial charge on any atom is -0.373 e. The molecule has 0 unspecified atom stereocenters. The lowest BCUT2D eigenvalue weighted by molar-refractivity contribution is -0.121. The van der Waals surface area contributed by atoms with E-state index in [2.05, 4.69) is 16.7 Å². The number of amides is 1. The number of fused-ring (bicyclic) bond motifs is 1. The van der Waals surface area contributed by atoms with Crippen molar-refractivity contribution in [1.29, 1.82) is 0 Å². The summed E-state index contributed by atoms with van der Waals surface area (Å²) in [6, 6.07) is 12.0. The summed E-state index contributed by atoms with van der Waals surface area (Å²) < 4.78 is 0. The van der Waals surface area contributed by atoms with Gasteiger partial charge in [-0.3, -0.25) is 4.79 Å². The van der Waals surface area contributed by atoms with E-state index in [4.69, 9.17) is 0 Å². The number of rotatable bonds is 3. The summed E-state index contributed by atoms with van der Waals surface area (Å²) in [7, 11) is 0. The van der Waals surface area contributed by atoms with Gasteiger partial charge in [0.1, 0.15) is 6.04 Å². The van der Waals surface area contributed by atoms with Crippen LogP contribution in [0.15, 0.2) is 41.8 Å². The number of hydrogen-bond acceptors (Lipinski definition) is 3. The zero-order valence-electron chi connectivity index (χ0n) is 9.85. The lowest BCUT2D eigenvalue weighted by atomic mass is 10.1. The highest BCUT2D eigenvalue weighted by Gasteiger charge is 2.25. The molecule has 3 nitrogen and oxygen atoms in total. The van der Waals surface area contributed by atoms with Crippen molar-refractivity contribution in [2.24, 2.45) is 0 Å². The summed E-state index contributed by atoms with van der Waals surface area (Å²) in [6.45, 7) is 0.616. The maximum Gasteiger partial charge on any atom is 0.243 e. The standard InChI is InChI=1S/C14H14N2OS/c17-14(15-9-11-5-3-7-18-11)13-8-10-4-1-2-6-12(10)16-13/h1-7,13,16H,8-9H2,(H,15,17)/t13-/m0/s1. The van der Waals surface area contributed by atoms with Crippen molar-refractivity contribution in [3.63, 3.8) is 0 Å². The molecular formula is C14H14N2OS. The first-order chi connectivity index (χ1) is 8.83. The maximum atomic E-state index is 12.0. The van der Waals surface area contributed by atoms with Crippen LogP contribution in [0.4, 0.5) is 5.69 Å². The van der Waals surface area contributed by atoms with Crippen molar-refractivity contribution in [3.8, 4) is 0 Å². The molecule has 0 bridgehead atoms. The Balaban J connectivity index is 1.59.